The Morgan fingerprint density at radius 1 is 1.17 bits per heavy atom. The fourth-order valence-corrected chi connectivity index (χ4v) is 2.93. The molecule has 2 heterocycles. The van der Waals surface area contributed by atoms with Gasteiger partial charge in [0.1, 0.15) is 0 Å². The summed E-state index contributed by atoms with van der Waals surface area (Å²) in [6.45, 7) is 0. The van der Waals surface area contributed by atoms with Crippen molar-refractivity contribution in [2.45, 2.75) is 5.92 Å². The number of nitrogens with one attached hydrogen (secondary N) is 1. The molecule has 0 radical (unpaired) electrons. The fourth-order valence-electron chi connectivity index (χ4n) is 2.93. The van der Waals surface area contributed by atoms with Crippen LogP contribution in [0.15, 0.2) is 54.9 Å². The zero-order valence-electron chi connectivity index (χ0n) is 13.0. The zero-order chi connectivity index (χ0) is 17.1. The maximum atomic E-state index is 12.2. The third-order valence-electron chi connectivity index (χ3n) is 4.01. The lowest BCUT2D eigenvalue weighted by Crippen LogP contribution is -2.31. The highest BCUT2D eigenvalue weighted by Crippen LogP contribution is 2.36. The number of aromatic amines is 1. The number of pyridine rings is 1. The van der Waals surface area contributed by atoms with Gasteiger partial charge in [-0.15, -0.1) is 0 Å². The summed E-state index contributed by atoms with van der Waals surface area (Å²) in [6, 6.07) is 12.7. The van der Waals surface area contributed by atoms with E-state index in [0.29, 0.717) is 16.6 Å². The highest BCUT2D eigenvalue weighted by molar-refractivity contribution is 5.96. The second kappa shape index (κ2) is 6.54. The van der Waals surface area contributed by atoms with E-state index < -0.39 is 23.8 Å². The van der Waals surface area contributed by atoms with Crippen molar-refractivity contribution >= 4 is 23.0 Å². The van der Waals surface area contributed by atoms with Crippen molar-refractivity contribution in [1.82, 2.24) is 9.97 Å². The average molecular weight is 324 g/mol. The molecule has 0 saturated heterocycles. The number of esters is 1. The smallest absolute Gasteiger partial charge is 0.321 e. The number of aromatic nitrogens is 2. The Labute approximate surface area is 138 Å². The van der Waals surface area contributed by atoms with Crippen LogP contribution < -0.4 is 0 Å². The van der Waals surface area contributed by atoms with Gasteiger partial charge in [0.25, 0.3) is 0 Å². The number of carboxylic acids is 1. The average Bonchev–Trinajstić information content (AvgIpc) is 3.03. The van der Waals surface area contributed by atoms with Gasteiger partial charge in [-0.05, 0) is 17.7 Å². The SMILES string of the molecule is COC(=O)C(C(=O)O)C(c1ccccc1)c1c[nH]c2cccnc12. The molecule has 122 valence electrons. The Kier molecular flexibility index (Phi) is 4.29. The lowest BCUT2D eigenvalue weighted by molar-refractivity contribution is -0.157. The van der Waals surface area contributed by atoms with Crippen molar-refractivity contribution in [3.05, 3.63) is 66.0 Å². The number of ether oxygens (including phenoxy) is 1. The van der Waals surface area contributed by atoms with Crippen LogP contribution in [0.3, 0.4) is 0 Å². The van der Waals surface area contributed by atoms with Gasteiger partial charge in [0.15, 0.2) is 5.92 Å². The van der Waals surface area contributed by atoms with Gasteiger partial charge in [-0.3, -0.25) is 14.6 Å². The Morgan fingerprint density at radius 3 is 2.58 bits per heavy atom. The van der Waals surface area contributed by atoms with Gasteiger partial charge >= 0.3 is 11.9 Å². The van der Waals surface area contributed by atoms with Crippen LogP contribution in [0.2, 0.25) is 0 Å². The van der Waals surface area contributed by atoms with Gasteiger partial charge in [0.05, 0.1) is 18.1 Å². The first-order valence-corrected chi connectivity index (χ1v) is 7.41. The second-order valence-corrected chi connectivity index (χ2v) is 5.37. The standard InChI is InChI=1S/C18H16N2O4/c1-24-18(23)15(17(21)22)14(11-6-3-2-4-7-11)12-10-20-13-8-5-9-19-16(12)13/h2-10,14-15,20H,1H3,(H,21,22). The number of carbonyl (C=O) groups is 2. The van der Waals surface area contributed by atoms with Crippen LogP contribution in [0.1, 0.15) is 17.0 Å². The van der Waals surface area contributed by atoms with E-state index in [1.807, 2.05) is 12.1 Å². The molecule has 2 aromatic heterocycles. The van der Waals surface area contributed by atoms with E-state index in [2.05, 4.69) is 9.97 Å². The van der Waals surface area contributed by atoms with Crippen molar-refractivity contribution in [3.63, 3.8) is 0 Å². The molecule has 0 aliphatic heterocycles. The van der Waals surface area contributed by atoms with Gasteiger partial charge in [0.2, 0.25) is 0 Å². The van der Waals surface area contributed by atoms with Crippen LogP contribution in [0, 0.1) is 5.92 Å². The van der Waals surface area contributed by atoms with Crippen molar-refractivity contribution in [2.75, 3.05) is 7.11 Å². The minimum Gasteiger partial charge on any atom is -0.481 e. The first-order valence-electron chi connectivity index (χ1n) is 7.41. The summed E-state index contributed by atoms with van der Waals surface area (Å²) in [5.74, 6) is -4.10. The number of carbonyl (C=O) groups excluding carboxylic acids is 1. The largest absolute Gasteiger partial charge is 0.481 e. The summed E-state index contributed by atoms with van der Waals surface area (Å²) in [7, 11) is 1.19. The monoisotopic (exact) mass is 324 g/mol. The molecule has 0 amide bonds. The topological polar surface area (TPSA) is 92.3 Å². The van der Waals surface area contributed by atoms with Crippen LogP contribution >= 0.6 is 0 Å². The Hall–Kier alpha value is -3.15. The fraction of sp³-hybridized carbons (Fsp3) is 0.167. The van der Waals surface area contributed by atoms with E-state index in [9.17, 15) is 14.7 Å². The summed E-state index contributed by atoms with van der Waals surface area (Å²) >= 11 is 0. The molecule has 2 unspecified atom stereocenters. The third-order valence-corrected chi connectivity index (χ3v) is 4.01. The number of carboxylic acid groups (broad SMARTS) is 1. The second-order valence-electron chi connectivity index (χ2n) is 5.37. The van der Waals surface area contributed by atoms with Crippen molar-refractivity contribution in [3.8, 4) is 0 Å². The molecule has 3 aromatic rings. The third kappa shape index (κ3) is 2.74. The summed E-state index contributed by atoms with van der Waals surface area (Å²) in [5.41, 5.74) is 2.78. The van der Waals surface area contributed by atoms with Gasteiger partial charge in [-0.2, -0.15) is 0 Å². The molecule has 0 saturated carbocycles. The van der Waals surface area contributed by atoms with Crippen molar-refractivity contribution in [1.29, 1.82) is 0 Å². The lowest BCUT2D eigenvalue weighted by Gasteiger charge is -2.22. The zero-order valence-corrected chi connectivity index (χ0v) is 13.0. The number of benzene rings is 1. The number of aliphatic carboxylic acids is 1. The van der Waals surface area contributed by atoms with E-state index in [1.54, 1.807) is 42.7 Å². The first kappa shape index (κ1) is 15.7. The Bertz CT molecular complexity index is 873. The van der Waals surface area contributed by atoms with Gasteiger partial charge in [-0.25, -0.2) is 0 Å². The molecule has 2 atom stereocenters. The van der Waals surface area contributed by atoms with Crippen molar-refractivity contribution < 1.29 is 19.4 Å². The molecule has 0 aliphatic rings. The summed E-state index contributed by atoms with van der Waals surface area (Å²) in [6.07, 6.45) is 3.34. The minimum absolute atomic E-state index is 0.640. The Morgan fingerprint density at radius 2 is 1.92 bits per heavy atom. The van der Waals surface area contributed by atoms with Crippen LogP contribution in [-0.2, 0) is 14.3 Å². The summed E-state index contributed by atoms with van der Waals surface area (Å²) in [5, 5.41) is 9.65. The maximum absolute atomic E-state index is 12.2. The summed E-state index contributed by atoms with van der Waals surface area (Å²) in [4.78, 5) is 31.4. The predicted molar refractivity (Wildman–Crippen MR) is 87.5 cm³/mol. The van der Waals surface area contributed by atoms with Gasteiger partial charge < -0.3 is 14.8 Å². The number of hydrogen-bond acceptors (Lipinski definition) is 4. The number of fused-ring (bicyclic) bond motifs is 1. The van der Waals surface area contributed by atoms with Crippen LogP contribution in [0.5, 0.6) is 0 Å². The molecule has 3 rings (SSSR count). The molecule has 2 N–H and O–H groups in total. The number of rotatable bonds is 5. The molecular formula is C18H16N2O4. The van der Waals surface area contributed by atoms with Gasteiger partial charge in [0, 0.05) is 23.9 Å². The van der Waals surface area contributed by atoms with E-state index in [1.165, 1.54) is 7.11 Å². The van der Waals surface area contributed by atoms with E-state index in [-0.39, 0.29) is 0 Å². The molecule has 0 aliphatic carbocycles. The predicted octanol–water partition coefficient (Wildman–Crippen LogP) is 2.57. The quantitative estimate of drug-likeness (QED) is 0.556. The molecule has 6 nitrogen and oxygen atoms in total. The number of methoxy groups -OCH3 is 1. The molecule has 6 heteroatoms. The van der Waals surface area contributed by atoms with Crippen LogP contribution in [0.25, 0.3) is 11.0 Å². The van der Waals surface area contributed by atoms with E-state index >= 15 is 0 Å². The minimum atomic E-state index is -1.36. The molecule has 0 spiro atoms. The van der Waals surface area contributed by atoms with E-state index in [0.717, 1.165) is 5.52 Å². The number of nitrogens with zero attached hydrogens (tertiary/aromatic N) is 1. The van der Waals surface area contributed by atoms with Crippen LogP contribution in [-0.4, -0.2) is 34.1 Å². The molecule has 1 aromatic carbocycles. The van der Waals surface area contributed by atoms with E-state index in [4.69, 9.17) is 4.74 Å². The Balaban J connectivity index is 2.22. The molecule has 0 fully saturated rings. The molecule has 0 bridgehead atoms. The van der Waals surface area contributed by atoms with Gasteiger partial charge in [-0.1, -0.05) is 30.3 Å². The number of hydrogen-bond donors (Lipinski definition) is 2. The lowest BCUT2D eigenvalue weighted by atomic mass is 9.81. The highest BCUT2D eigenvalue weighted by Gasteiger charge is 2.39. The van der Waals surface area contributed by atoms with Crippen LogP contribution in [0.4, 0.5) is 0 Å². The van der Waals surface area contributed by atoms with Crippen molar-refractivity contribution in [2.24, 2.45) is 5.92 Å². The normalized spacial score (nSPS) is 13.4. The molecule has 24 heavy (non-hydrogen) atoms. The molecular weight excluding hydrogens is 308 g/mol. The number of H-pyrrole nitrogens is 1. The summed E-state index contributed by atoms with van der Waals surface area (Å²) < 4.78 is 4.74. The highest BCUT2D eigenvalue weighted by atomic mass is 16.5. The first-order chi connectivity index (χ1) is 11.6. The maximum Gasteiger partial charge on any atom is 0.321 e.